The van der Waals surface area contributed by atoms with E-state index in [1.165, 1.54) is 12.0 Å². The number of aliphatic hydroxyl groups is 1. The largest absolute Gasteiger partial charge is 0.393 e. The summed E-state index contributed by atoms with van der Waals surface area (Å²) in [5, 5.41) is 12.8. The summed E-state index contributed by atoms with van der Waals surface area (Å²) in [6, 6.07) is 11.1. The van der Waals surface area contributed by atoms with E-state index in [2.05, 4.69) is 29.6 Å². The van der Waals surface area contributed by atoms with Crippen LogP contribution in [-0.4, -0.2) is 40.8 Å². The van der Waals surface area contributed by atoms with Gasteiger partial charge in [0.05, 0.1) is 6.10 Å². The highest BCUT2D eigenvalue weighted by atomic mass is 16.3. The Morgan fingerprint density at radius 2 is 1.83 bits per heavy atom. The van der Waals surface area contributed by atoms with E-state index in [9.17, 15) is 9.90 Å². The quantitative estimate of drug-likeness (QED) is 0.900. The molecule has 126 valence electrons. The topological polar surface area (TPSA) is 52.6 Å². The van der Waals surface area contributed by atoms with Crippen LogP contribution in [0.15, 0.2) is 30.3 Å². The van der Waals surface area contributed by atoms with Crippen LogP contribution in [-0.2, 0) is 6.42 Å². The van der Waals surface area contributed by atoms with Gasteiger partial charge in [0.25, 0.3) is 0 Å². The van der Waals surface area contributed by atoms with Gasteiger partial charge in [-0.25, -0.2) is 4.79 Å². The minimum atomic E-state index is -0.177. The first kappa shape index (κ1) is 16.3. The molecule has 1 aliphatic heterocycles. The van der Waals surface area contributed by atoms with Gasteiger partial charge in [0, 0.05) is 18.6 Å². The van der Waals surface area contributed by atoms with E-state index < -0.39 is 0 Å². The molecule has 0 radical (unpaired) electrons. The van der Waals surface area contributed by atoms with Crippen molar-refractivity contribution >= 4 is 6.03 Å². The number of amides is 2. The molecule has 4 heteroatoms. The molecular weight excluding hydrogens is 288 g/mol. The zero-order chi connectivity index (χ0) is 16.1. The number of likely N-dealkylation sites (tertiary alicyclic amines) is 1. The number of benzene rings is 1. The number of piperidine rings is 1. The van der Waals surface area contributed by atoms with Crippen LogP contribution in [0, 0.1) is 0 Å². The third kappa shape index (κ3) is 4.47. The monoisotopic (exact) mass is 316 g/mol. The molecule has 1 aromatic carbocycles. The van der Waals surface area contributed by atoms with E-state index in [0.29, 0.717) is 6.04 Å². The van der Waals surface area contributed by atoms with E-state index in [0.717, 1.165) is 51.5 Å². The van der Waals surface area contributed by atoms with Crippen LogP contribution in [0.1, 0.15) is 50.5 Å². The van der Waals surface area contributed by atoms with Gasteiger partial charge in [0.2, 0.25) is 0 Å². The lowest BCUT2D eigenvalue weighted by Gasteiger charge is -2.37. The fourth-order valence-electron chi connectivity index (χ4n) is 3.84. The molecule has 2 aliphatic rings. The predicted molar refractivity (Wildman–Crippen MR) is 91.3 cm³/mol. The molecule has 3 rings (SSSR count). The normalized spacial score (nSPS) is 28.4. The van der Waals surface area contributed by atoms with Gasteiger partial charge in [-0.05, 0) is 56.9 Å². The first-order valence-corrected chi connectivity index (χ1v) is 9.01. The molecule has 0 spiro atoms. The molecule has 1 aromatic rings. The van der Waals surface area contributed by atoms with Gasteiger partial charge in [0.15, 0.2) is 0 Å². The Morgan fingerprint density at radius 1 is 1.09 bits per heavy atom. The van der Waals surface area contributed by atoms with E-state index in [1.54, 1.807) is 0 Å². The summed E-state index contributed by atoms with van der Waals surface area (Å²) in [7, 11) is 0. The van der Waals surface area contributed by atoms with Gasteiger partial charge in [-0.2, -0.15) is 0 Å². The maximum atomic E-state index is 12.7. The fraction of sp³-hybridized carbons (Fsp3) is 0.632. The van der Waals surface area contributed by atoms with Crippen LogP contribution in [0.2, 0.25) is 0 Å². The van der Waals surface area contributed by atoms with Crippen molar-refractivity contribution in [1.29, 1.82) is 0 Å². The molecular formula is C19H28N2O2. The fourth-order valence-corrected chi connectivity index (χ4v) is 3.84. The Labute approximate surface area is 138 Å². The van der Waals surface area contributed by atoms with Crippen molar-refractivity contribution in [3.63, 3.8) is 0 Å². The maximum Gasteiger partial charge on any atom is 0.317 e. The highest BCUT2D eigenvalue weighted by molar-refractivity contribution is 5.75. The van der Waals surface area contributed by atoms with Crippen molar-refractivity contribution in [2.24, 2.45) is 0 Å². The van der Waals surface area contributed by atoms with Gasteiger partial charge in [0.1, 0.15) is 0 Å². The molecule has 2 N–H and O–H groups in total. The van der Waals surface area contributed by atoms with Gasteiger partial charge < -0.3 is 15.3 Å². The summed E-state index contributed by atoms with van der Waals surface area (Å²) in [4.78, 5) is 14.7. The van der Waals surface area contributed by atoms with Crippen molar-refractivity contribution in [1.82, 2.24) is 10.2 Å². The van der Waals surface area contributed by atoms with E-state index >= 15 is 0 Å². The van der Waals surface area contributed by atoms with Crippen LogP contribution in [0.3, 0.4) is 0 Å². The first-order valence-electron chi connectivity index (χ1n) is 9.01. The number of carbonyl (C=O) groups excluding carboxylic acids is 1. The van der Waals surface area contributed by atoms with Gasteiger partial charge >= 0.3 is 6.03 Å². The van der Waals surface area contributed by atoms with Crippen molar-refractivity contribution < 1.29 is 9.90 Å². The summed E-state index contributed by atoms with van der Waals surface area (Å²) in [5.74, 6) is 0. The molecule has 0 bridgehead atoms. The predicted octanol–water partition coefficient (Wildman–Crippen LogP) is 3.10. The second kappa shape index (κ2) is 7.82. The smallest absolute Gasteiger partial charge is 0.317 e. The summed E-state index contributed by atoms with van der Waals surface area (Å²) >= 11 is 0. The molecule has 0 aromatic heterocycles. The van der Waals surface area contributed by atoms with Gasteiger partial charge in [-0.3, -0.25) is 0 Å². The second-order valence-corrected chi connectivity index (χ2v) is 6.99. The van der Waals surface area contributed by atoms with E-state index in [-0.39, 0.29) is 18.2 Å². The Hall–Kier alpha value is -1.55. The summed E-state index contributed by atoms with van der Waals surface area (Å²) in [6.07, 6.45) is 7.55. The van der Waals surface area contributed by atoms with E-state index in [4.69, 9.17) is 0 Å². The third-order valence-corrected chi connectivity index (χ3v) is 5.23. The average Bonchev–Trinajstić information content (AvgIpc) is 2.58. The lowest BCUT2D eigenvalue weighted by molar-refractivity contribution is 0.110. The molecule has 1 saturated carbocycles. The van der Waals surface area contributed by atoms with Crippen molar-refractivity contribution in [2.75, 3.05) is 6.54 Å². The van der Waals surface area contributed by atoms with Gasteiger partial charge in [-0.15, -0.1) is 0 Å². The number of urea groups is 1. The number of nitrogens with one attached hydrogen (secondary N) is 1. The second-order valence-electron chi connectivity index (χ2n) is 6.99. The molecule has 1 heterocycles. The van der Waals surface area contributed by atoms with Crippen molar-refractivity contribution in [2.45, 2.75) is 69.6 Å². The lowest BCUT2D eigenvalue weighted by atomic mass is 9.93. The van der Waals surface area contributed by atoms with Crippen molar-refractivity contribution in [3.8, 4) is 0 Å². The van der Waals surface area contributed by atoms with Crippen LogP contribution < -0.4 is 5.32 Å². The number of nitrogens with zero attached hydrogens (tertiary/aromatic N) is 1. The molecule has 1 unspecified atom stereocenters. The van der Waals surface area contributed by atoms with E-state index in [1.807, 2.05) is 11.0 Å². The Morgan fingerprint density at radius 3 is 2.57 bits per heavy atom. The number of hydrogen-bond donors (Lipinski definition) is 2. The SMILES string of the molecule is O=C(NC1CCC(O)CC1)N1CCCCC1Cc1ccccc1. The standard InChI is InChI=1S/C19H28N2O2/c22-18-11-9-16(10-12-18)20-19(23)21-13-5-4-8-17(21)14-15-6-2-1-3-7-15/h1-3,6-7,16-18,22H,4-5,8-14H2,(H,20,23). The molecule has 2 amide bonds. The molecule has 1 saturated heterocycles. The summed E-state index contributed by atoms with van der Waals surface area (Å²) in [6.45, 7) is 0.860. The number of hydrogen-bond acceptors (Lipinski definition) is 2. The summed E-state index contributed by atoms with van der Waals surface area (Å²) < 4.78 is 0. The van der Waals surface area contributed by atoms with Gasteiger partial charge in [-0.1, -0.05) is 30.3 Å². The lowest BCUT2D eigenvalue weighted by Crippen LogP contribution is -2.52. The maximum absolute atomic E-state index is 12.7. The molecule has 2 fully saturated rings. The first-order chi connectivity index (χ1) is 11.2. The zero-order valence-electron chi connectivity index (χ0n) is 13.8. The van der Waals surface area contributed by atoms with Crippen LogP contribution in [0.25, 0.3) is 0 Å². The van der Waals surface area contributed by atoms with Crippen LogP contribution in [0.5, 0.6) is 0 Å². The number of carbonyl (C=O) groups is 1. The minimum Gasteiger partial charge on any atom is -0.393 e. The molecule has 4 nitrogen and oxygen atoms in total. The van der Waals surface area contributed by atoms with Crippen LogP contribution >= 0.6 is 0 Å². The van der Waals surface area contributed by atoms with Crippen molar-refractivity contribution in [3.05, 3.63) is 35.9 Å². The average molecular weight is 316 g/mol. The Bertz CT molecular complexity index is 497. The zero-order valence-corrected chi connectivity index (χ0v) is 13.8. The minimum absolute atomic E-state index is 0.0898. The van der Waals surface area contributed by atoms with Crippen LogP contribution in [0.4, 0.5) is 4.79 Å². The summed E-state index contributed by atoms with van der Waals surface area (Å²) in [5.41, 5.74) is 1.30. The number of aliphatic hydroxyl groups excluding tert-OH is 1. The highest BCUT2D eigenvalue weighted by Gasteiger charge is 2.29. The third-order valence-electron chi connectivity index (χ3n) is 5.23. The molecule has 1 atom stereocenters. The number of rotatable bonds is 3. The molecule has 23 heavy (non-hydrogen) atoms. The molecule has 1 aliphatic carbocycles. The Balaban J connectivity index is 1.58. The Kier molecular flexibility index (Phi) is 5.55. The highest BCUT2D eigenvalue weighted by Crippen LogP contribution is 2.23.